The Bertz CT molecular complexity index is 606. The standard InChI is InChI=1S/C17H21N3OS/c1-2-10-20-16(13-14-6-4-3-5-7-14)18-19-17(20)22-15-8-11-21-12-9-15/h2-7,15H,1,8-13H2. The zero-order valence-electron chi connectivity index (χ0n) is 12.6. The number of benzene rings is 1. The smallest absolute Gasteiger partial charge is 0.191 e. The van der Waals surface area contributed by atoms with Crippen LogP contribution in [-0.2, 0) is 17.7 Å². The minimum Gasteiger partial charge on any atom is -0.381 e. The number of thioether (sulfide) groups is 1. The summed E-state index contributed by atoms with van der Waals surface area (Å²) in [6.07, 6.45) is 4.88. The van der Waals surface area contributed by atoms with Crippen molar-refractivity contribution < 1.29 is 4.74 Å². The maximum atomic E-state index is 5.43. The molecule has 0 amide bonds. The highest BCUT2D eigenvalue weighted by Gasteiger charge is 2.20. The van der Waals surface area contributed by atoms with Crippen molar-refractivity contribution in [3.8, 4) is 0 Å². The molecule has 5 heteroatoms. The number of ether oxygens (including phenoxy) is 1. The van der Waals surface area contributed by atoms with E-state index in [1.807, 2.05) is 23.9 Å². The summed E-state index contributed by atoms with van der Waals surface area (Å²) < 4.78 is 7.61. The number of allylic oxidation sites excluding steroid dienone is 1. The normalized spacial score (nSPS) is 15.8. The van der Waals surface area contributed by atoms with Gasteiger partial charge in [-0.1, -0.05) is 48.2 Å². The molecule has 22 heavy (non-hydrogen) atoms. The van der Waals surface area contributed by atoms with E-state index in [9.17, 15) is 0 Å². The zero-order chi connectivity index (χ0) is 15.2. The van der Waals surface area contributed by atoms with E-state index in [4.69, 9.17) is 4.74 Å². The Morgan fingerprint density at radius 3 is 2.73 bits per heavy atom. The summed E-state index contributed by atoms with van der Waals surface area (Å²) in [5.41, 5.74) is 1.25. The molecule has 1 aromatic carbocycles. The Morgan fingerprint density at radius 2 is 2.00 bits per heavy atom. The van der Waals surface area contributed by atoms with E-state index in [-0.39, 0.29) is 0 Å². The van der Waals surface area contributed by atoms with Crippen LogP contribution in [0.4, 0.5) is 0 Å². The monoisotopic (exact) mass is 315 g/mol. The first kappa shape index (κ1) is 15.3. The van der Waals surface area contributed by atoms with E-state index in [0.29, 0.717) is 5.25 Å². The molecule has 2 heterocycles. The minimum absolute atomic E-state index is 0.575. The molecule has 2 aromatic rings. The van der Waals surface area contributed by atoms with Gasteiger partial charge < -0.3 is 9.30 Å². The third-order valence-corrected chi connectivity index (χ3v) is 5.07. The second-order valence-electron chi connectivity index (χ2n) is 5.39. The van der Waals surface area contributed by atoms with E-state index in [1.165, 1.54) is 5.56 Å². The number of hydrogen-bond donors (Lipinski definition) is 0. The van der Waals surface area contributed by atoms with Crippen LogP contribution in [0.25, 0.3) is 0 Å². The maximum Gasteiger partial charge on any atom is 0.191 e. The van der Waals surface area contributed by atoms with Crippen LogP contribution < -0.4 is 0 Å². The van der Waals surface area contributed by atoms with Crippen LogP contribution >= 0.6 is 11.8 Å². The molecule has 3 rings (SSSR count). The Kier molecular flexibility index (Phi) is 5.29. The van der Waals surface area contributed by atoms with E-state index < -0.39 is 0 Å². The van der Waals surface area contributed by atoms with Gasteiger partial charge in [-0.15, -0.1) is 16.8 Å². The van der Waals surface area contributed by atoms with Gasteiger partial charge in [-0.3, -0.25) is 0 Å². The lowest BCUT2D eigenvalue weighted by atomic mass is 10.1. The van der Waals surface area contributed by atoms with Crippen molar-refractivity contribution in [1.29, 1.82) is 0 Å². The molecule has 0 bridgehead atoms. The van der Waals surface area contributed by atoms with Crippen molar-refractivity contribution in [3.63, 3.8) is 0 Å². The fraction of sp³-hybridized carbons (Fsp3) is 0.412. The topological polar surface area (TPSA) is 39.9 Å². The third kappa shape index (κ3) is 3.78. The van der Waals surface area contributed by atoms with Crippen molar-refractivity contribution >= 4 is 11.8 Å². The summed E-state index contributed by atoms with van der Waals surface area (Å²) in [7, 11) is 0. The van der Waals surface area contributed by atoms with Crippen LogP contribution in [0.3, 0.4) is 0 Å². The number of rotatable bonds is 6. The van der Waals surface area contributed by atoms with Crippen LogP contribution in [0, 0.1) is 0 Å². The number of nitrogens with zero attached hydrogens (tertiary/aromatic N) is 3. The summed E-state index contributed by atoms with van der Waals surface area (Å²) in [5, 5.41) is 10.4. The average molecular weight is 315 g/mol. The Hall–Kier alpha value is -1.59. The summed E-state index contributed by atoms with van der Waals surface area (Å²) >= 11 is 1.82. The number of hydrogen-bond acceptors (Lipinski definition) is 4. The molecule has 1 aliphatic rings. The van der Waals surface area contributed by atoms with Crippen LogP contribution in [0.5, 0.6) is 0 Å². The van der Waals surface area contributed by atoms with Crippen molar-refractivity contribution in [2.24, 2.45) is 0 Å². The molecule has 0 unspecified atom stereocenters. The predicted octanol–water partition coefficient (Wildman–Crippen LogP) is 3.33. The van der Waals surface area contributed by atoms with Gasteiger partial charge in [0.05, 0.1) is 0 Å². The Balaban J connectivity index is 1.77. The quantitative estimate of drug-likeness (QED) is 0.767. The second-order valence-corrected chi connectivity index (χ2v) is 6.66. The summed E-state index contributed by atoms with van der Waals surface area (Å²) in [6, 6.07) is 10.4. The molecule has 0 N–H and O–H groups in total. The Labute approximate surface area is 135 Å². The van der Waals surface area contributed by atoms with Crippen LogP contribution in [0.2, 0.25) is 0 Å². The molecular formula is C17H21N3OS. The van der Waals surface area contributed by atoms with Gasteiger partial charge >= 0.3 is 0 Å². The maximum absolute atomic E-state index is 5.43. The lowest BCUT2D eigenvalue weighted by Crippen LogP contribution is -2.18. The van der Waals surface area contributed by atoms with E-state index >= 15 is 0 Å². The van der Waals surface area contributed by atoms with Crippen LogP contribution in [0.1, 0.15) is 24.2 Å². The average Bonchev–Trinajstić information content (AvgIpc) is 2.92. The SMILES string of the molecule is C=CCn1c(Cc2ccccc2)nnc1SC1CCOCC1. The fourth-order valence-electron chi connectivity index (χ4n) is 2.57. The number of aromatic nitrogens is 3. The minimum atomic E-state index is 0.575. The highest BCUT2D eigenvalue weighted by molar-refractivity contribution is 7.99. The van der Waals surface area contributed by atoms with Crippen LogP contribution in [-0.4, -0.2) is 33.2 Å². The van der Waals surface area contributed by atoms with E-state index in [2.05, 4.69) is 45.6 Å². The highest BCUT2D eigenvalue weighted by atomic mass is 32.2. The highest BCUT2D eigenvalue weighted by Crippen LogP contribution is 2.29. The molecule has 4 nitrogen and oxygen atoms in total. The third-order valence-electron chi connectivity index (χ3n) is 3.75. The van der Waals surface area contributed by atoms with Gasteiger partial charge in [0.15, 0.2) is 5.16 Å². The van der Waals surface area contributed by atoms with Gasteiger partial charge in [-0.05, 0) is 18.4 Å². The molecule has 1 fully saturated rings. The summed E-state index contributed by atoms with van der Waals surface area (Å²) in [5.74, 6) is 1.00. The molecule has 116 valence electrons. The van der Waals surface area contributed by atoms with Gasteiger partial charge in [-0.2, -0.15) is 0 Å². The van der Waals surface area contributed by atoms with E-state index in [1.54, 1.807) is 0 Å². The first-order valence-electron chi connectivity index (χ1n) is 7.68. The lowest BCUT2D eigenvalue weighted by Gasteiger charge is -2.21. The molecule has 0 saturated carbocycles. The first-order chi connectivity index (χ1) is 10.9. The molecule has 1 saturated heterocycles. The van der Waals surface area contributed by atoms with Crippen LogP contribution in [0.15, 0.2) is 48.1 Å². The molecule has 0 radical (unpaired) electrons. The first-order valence-corrected chi connectivity index (χ1v) is 8.56. The molecule has 0 spiro atoms. The van der Waals surface area contributed by atoms with Gasteiger partial charge in [0, 0.05) is 31.4 Å². The van der Waals surface area contributed by atoms with Gasteiger partial charge in [-0.25, -0.2) is 0 Å². The predicted molar refractivity (Wildman–Crippen MR) is 89.2 cm³/mol. The molecule has 1 aromatic heterocycles. The largest absolute Gasteiger partial charge is 0.381 e. The zero-order valence-corrected chi connectivity index (χ0v) is 13.5. The van der Waals surface area contributed by atoms with Crippen molar-refractivity contribution in [3.05, 3.63) is 54.4 Å². The summed E-state index contributed by atoms with van der Waals surface area (Å²) in [4.78, 5) is 0. The van der Waals surface area contributed by atoms with Crippen molar-refractivity contribution in [1.82, 2.24) is 14.8 Å². The molecular weight excluding hydrogens is 294 g/mol. The van der Waals surface area contributed by atoms with E-state index in [0.717, 1.165) is 50.0 Å². The Morgan fingerprint density at radius 1 is 1.23 bits per heavy atom. The lowest BCUT2D eigenvalue weighted by molar-refractivity contribution is 0.0999. The van der Waals surface area contributed by atoms with Gasteiger partial charge in [0.2, 0.25) is 0 Å². The second kappa shape index (κ2) is 7.61. The van der Waals surface area contributed by atoms with Crippen molar-refractivity contribution in [2.45, 2.75) is 36.2 Å². The summed E-state index contributed by atoms with van der Waals surface area (Å²) in [6.45, 7) is 6.32. The molecule has 0 atom stereocenters. The van der Waals surface area contributed by atoms with Crippen molar-refractivity contribution in [2.75, 3.05) is 13.2 Å². The molecule has 1 aliphatic heterocycles. The van der Waals surface area contributed by atoms with Gasteiger partial charge in [0.25, 0.3) is 0 Å². The fourth-order valence-corrected chi connectivity index (χ4v) is 3.69. The molecule has 0 aliphatic carbocycles. The van der Waals surface area contributed by atoms with Gasteiger partial charge in [0.1, 0.15) is 5.82 Å².